The Bertz CT molecular complexity index is 1210. The van der Waals surface area contributed by atoms with Crippen molar-refractivity contribution < 1.29 is 19.0 Å². The lowest BCUT2D eigenvalue weighted by atomic mass is 10.0. The fraction of sp³-hybridized carbons (Fsp3) is 0.167. The molecule has 1 heterocycles. The largest absolute Gasteiger partial charge is 0.478 e. The summed E-state index contributed by atoms with van der Waals surface area (Å²) in [4.78, 5) is 15.5. The van der Waals surface area contributed by atoms with Gasteiger partial charge in [-0.15, -0.1) is 0 Å². The minimum absolute atomic E-state index is 0.0186. The Morgan fingerprint density at radius 2 is 1.86 bits per heavy atom. The summed E-state index contributed by atoms with van der Waals surface area (Å²) in [5.41, 5.74) is 2.10. The second-order valence-electron chi connectivity index (χ2n) is 7.41. The molecule has 144 valence electrons. The maximum Gasteiger partial charge on any atom is 0.339 e. The van der Waals surface area contributed by atoms with E-state index in [1.807, 2.05) is 18.2 Å². The number of fused-ring (bicyclic) bond motifs is 1. The Kier molecular flexibility index (Phi) is 4.16. The number of carbonyl (C=O) groups is 1. The number of nitrogens with zero attached hydrogens (tertiary/aromatic N) is 1. The third-order valence-corrected chi connectivity index (χ3v) is 5.38. The average Bonchev–Trinajstić information content (AvgIpc) is 3.49. The lowest BCUT2D eigenvalue weighted by Gasteiger charge is -2.12. The first kappa shape index (κ1) is 17.6. The van der Waals surface area contributed by atoms with Crippen LogP contribution in [0, 0.1) is 0 Å². The molecule has 0 saturated heterocycles. The number of carboxylic acid groups (broad SMARTS) is 1. The van der Waals surface area contributed by atoms with Gasteiger partial charge >= 0.3 is 5.97 Å². The second kappa shape index (κ2) is 6.85. The van der Waals surface area contributed by atoms with E-state index in [2.05, 4.69) is 23.2 Å². The Morgan fingerprint density at radius 3 is 2.59 bits per heavy atom. The van der Waals surface area contributed by atoms with Crippen molar-refractivity contribution in [3.63, 3.8) is 0 Å². The van der Waals surface area contributed by atoms with Crippen LogP contribution in [0.3, 0.4) is 0 Å². The normalized spacial score (nSPS) is 15.9. The molecule has 3 aromatic rings. The number of ether oxygens (including phenoxy) is 1. The molecule has 0 atom stereocenters. The van der Waals surface area contributed by atoms with Gasteiger partial charge in [-0.3, -0.25) is 4.99 Å². The maximum atomic E-state index is 13.8. The summed E-state index contributed by atoms with van der Waals surface area (Å²) < 4.78 is 19.7. The Labute approximate surface area is 167 Å². The van der Waals surface area contributed by atoms with E-state index in [1.165, 1.54) is 24.5 Å². The molecule has 5 rings (SSSR count). The molecule has 1 aliphatic carbocycles. The number of aromatic carboxylic acids is 1. The number of allylic oxidation sites excluding steroid dienone is 1. The van der Waals surface area contributed by atoms with Crippen LogP contribution in [0.25, 0.3) is 16.3 Å². The highest BCUT2D eigenvalue weighted by molar-refractivity contribution is 6.20. The second-order valence-corrected chi connectivity index (χ2v) is 7.41. The number of carboxylic acids is 1. The molecule has 1 aliphatic heterocycles. The first-order valence-electron chi connectivity index (χ1n) is 9.58. The summed E-state index contributed by atoms with van der Waals surface area (Å²) in [6.45, 7) is 0.266. The Morgan fingerprint density at radius 1 is 1.03 bits per heavy atom. The summed E-state index contributed by atoms with van der Waals surface area (Å²) in [7, 11) is 0. The zero-order valence-electron chi connectivity index (χ0n) is 15.6. The van der Waals surface area contributed by atoms with Crippen LogP contribution in [0.1, 0.15) is 40.2 Å². The van der Waals surface area contributed by atoms with Crippen LogP contribution in [-0.4, -0.2) is 23.6 Å². The molecule has 0 aromatic heterocycles. The van der Waals surface area contributed by atoms with Gasteiger partial charge in [0.25, 0.3) is 0 Å². The SMILES string of the molecule is O=C(O)c1cc(C2=CCN=C2F)ccc1Oc1ccc2ccc(C3CC3)cc2c1. The minimum Gasteiger partial charge on any atom is -0.478 e. The molecule has 0 amide bonds. The van der Waals surface area contributed by atoms with Crippen molar-refractivity contribution >= 4 is 28.3 Å². The third-order valence-electron chi connectivity index (χ3n) is 5.38. The molecule has 0 spiro atoms. The lowest BCUT2D eigenvalue weighted by molar-refractivity contribution is 0.0694. The van der Waals surface area contributed by atoms with Crippen molar-refractivity contribution in [2.24, 2.45) is 4.99 Å². The van der Waals surface area contributed by atoms with Gasteiger partial charge in [0.2, 0.25) is 5.97 Å². The summed E-state index contributed by atoms with van der Waals surface area (Å²) >= 11 is 0. The highest BCUT2D eigenvalue weighted by Crippen LogP contribution is 2.41. The predicted molar refractivity (Wildman–Crippen MR) is 111 cm³/mol. The molecular formula is C24H18FNO3. The van der Waals surface area contributed by atoms with Gasteiger partial charge in [0.15, 0.2) is 0 Å². The number of aliphatic imine (C=N–C) groups is 1. The molecule has 0 bridgehead atoms. The number of halogens is 1. The van der Waals surface area contributed by atoms with E-state index >= 15 is 0 Å². The van der Waals surface area contributed by atoms with Gasteiger partial charge in [0.05, 0.1) is 6.54 Å². The van der Waals surface area contributed by atoms with Crippen molar-refractivity contribution in [3.8, 4) is 11.5 Å². The van der Waals surface area contributed by atoms with Gasteiger partial charge in [0.1, 0.15) is 17.1 Å². The number of rotatable bonds is 5. The topological polar surface area (TPSA) is 58.9 Å². The van der Waals surface area contributed by atoms with E-state index < -0.39 is 11.9 Å². The number of hydrogen-bond acceptors (Lipinski definition) is 3. The lowest BCUT2D eigenvalue weighted by Crippen LogP contribution is -2.02. The zero-order valence-corrected chi connectivity index (χ0v) is 15.6. The van der Waals surface area contributed by atoms with Gasteiger partial charge < -0.3 is 9.84 Å². The molecular weight excluding hydrogens is 369 g/mol. The van der Waals surface area contributed by atoms with E-state index in [4.69, 9.17) is 4.74 Å². The summed E-state index contributed by atoms with van der Waals surface area (Å²) in [5.74, 6) is -0.266. The fourth-order valence-corrected chi connectivity index (χ4v) is 3.68. The van der Waals surface area contributed by atoms with Crippen molar-refractivity contribution in [3.05, 3.63) is 77.4 Å². The molecule has 1 fully saturated rings. The average molecular weight is 387 g/mol. The smallest absolute Gasteiger partial charge is 0.339 e. The molecule has 2 aliphatic rings. The molecule has 4 nitrogen and oxygen atoms in total. The van der Waals surface area contributed by atoms with Gasteiger partial charge in [-0.1, -0.05) is 36.4 Å². The fourth-order valence-electron chi connectivity index (χ4n) is 3.68. The predicted octanol–water partition coefficient (Wildman–Crippen LogP) is 5.97. The van der Waals surface area contributed by atoms with E-state index in [-0.39, 0.29) is 17.9 Å². The van der Waals surface area contributed by atoms with Crippen LogP contribution < -0.4 is 4.74 Å². The first-order valence-corrected chi connectivity index (χ1v) is 9.58. The van der Waals surface area contributed by atoms with Crippen LogP contribution in [0.5, 0.6) is 11.5 Å². The summed E-state index contributed by atoms with van der Waals surface area (Å²) in [5, 5.41) is 11.8. The number of benzene rings is 3. The van der Waals surface area contributed by atoms with Crippen molar-refractivity contribution in [2.75, 3.05) is 6.54 Å². The van der Waals surface area contributed by atoms with Gasteiger partial charge in [0, 0.05) is 5.57 Å². The molecule has 29 heavy (non-hydrogen) atoms. The third kappa shape index (κ3) is 3.40. The molecule has 5 heteroatoms. The van der Waals surface area contributed by atoms with Gasteiger partial charge in [-0.25, -0.2) is 4.79 Å². The van der Waals surface area contributed by atoms with Crippen molar-refractivity contribution in [1.29, 1.82) is 0 Å². The highest BCUT2D eigenvalue weighted by atomic mass is 19.1. The van der Waals surface area contributed by atoms with Crippen LogP contribution in [-0.2, 0) is 0 Å². The van der Waals surface area contributed by atoms with Crippen LogP contribution in [0.4, 0.5) is 4.39 Å². The Balaban J connectivity index is 1.49. The van der Waals surface area contributed by atoms with Crippen LogP contribution in [0.2, 0.25) is 0 Å². The molecule has 3 aromatic carbocycles. The maximum absolute atomic E-state index is 13.8. The summed E-state index contributed by atoms with van der Waals surface area (Å²) in [6.07, 6.45) is 4.10. The van der Waals surface area contributed by atoms with Gasteiger partial charge in [-0.2, -0.15) is 4.39 Å². The van der Waals surface area contributed by atoms with Crippen molar-refractivity contribution in [2.45, 2.75) is 18.8 Å². The first-order chi connectivity index (χ1) is 14.1. The van der Waals surface area contributed by atoms with Gasteiger partial charge in [-0.05, 0) is 64.9 Å². The quantitative estimate of drug-likeness (QED) is 0.586. The molecule has 1 saturated carbocycles. The standard InChI is InChI=1S/C24H18FNO3/c25-23-20(9-10-26-23)17-6-8-22(21(13-17)24(27)28)29-19-7-5-15-3-4-16(14-1-2-14)11-18(15)12-19/h3-9,11-14H,1-2,10H2,(H,27,28). The van der Waals surface area contributed by atoms with E-state index in [9.17, 15) is 14.3 Å². The van der Waals surface area contributed by atoms with Crippen LogP contribution in [0.15, 0.2) is 65.7 Å². The van der Waals surface area contributed by atoms with Crippen LogP contribution >= 0.6 is 0 Å². The van der Waals surface area contributed by atoms with Crippen molar-refractivity contribution in [1.82, 2.24) is 0 Å². The Hall–Kier alpha value is -3.47. The molecule has 0 radical (unpaired) electrons. The summed E-state index contributed by atoms with van der Waals surface area (Å²) in [6, 6.07) is 16.8. The molecule has 1 N–H and O–H groups in total. The number of hydrogen-bond donors (Lipinski definition) is 1. The molecule has 0 unspecified atom stereocenters. The van der Waals surface area contributed by atoms with E-state index in [1.54, 1.807) is 18.2 Å². The zero-order chi connectivity index (χ0) is 20.0. The van der Waals surface area contributed by atoms with E-state index in [0.29, 0.717) is 22.8 Å². The van der Waals surface area contributed by atoms with E-state index in [0.717, 1.165) is 10.8 Å². The minimum atomic E-state index is -1.13. The highest BCUT2D eigenvalue weighted by Gasteiger charge is 2.23. The monoisotopic (exact) mass is 387 g/mol.